The average molecular weight is 352 g/mol. The number of benzene rings is 2. The highest BCUT2D eigenvalue weighted by Crippen LogP contribution is 2.30. The van der Waals surface area contributed by atoms with E-state index in [1.54, 1.807) is 0 Å². The van der Waals surface area contributed by atoms with E-state index in [0.717, 1.165) is 48.8 Å². The van der Waals surface area contributed by atoms with E-state index in [4.69, 9.17) is 16.6 Å². The summed E-state index contributed by atoms with van der Waals surface area (Å²) in [5.41, 5.74) is 3.39. The maximum absolute atomic E-state index is 6.11. The number of rotatable bonds is 3. The highest BCUT2D eigenvalue weighted by molar-refractivity contribution is 6.30. The van der Waals surface area contributed by atoms with Crippen molar-refractivity contribution in [2.75, 3.05) is 26.2 Å². The van der Waals surface area contributed by atoms with E-state index in [9.17, 15) is 0 Å². The first-order valence-corrected chi connectivity index (χ1v) is 9.25. The topological polar surface area (TPSA) is 28.2 Å². The maximum Gasteiger partial charge on any atom is 0.0777 e. The van der Waals surface area contributed by atoms with Crippen LogP contribution in [-0.4, -0.2) is 36.1 Å². The minimum absolute atomic E-state index is 0.154. The highest BCUT2D eigenvalue weighted by Gasteiger charge is 2.24. The van der Waals surface area contributed by atoms with Crippen molar-refractivity contribution in [2.24, 2.45) is 0 Å². The lowest BCUT2D eigenvalue weighted by atomic mass is 10.00. The molecule has 0 amide bonds. The molecule has 1 aliphatic rings. The molecule has 1 atom stereocenters. The molecule has 1 saturated heterocycles. The monoisotopic (exact) mass is 351 g/mol. The van der Waals surface area contributed by atoms with Crippen LogP contribution < -0.4 is 5.32 Å². The van der Waals surface area contributed by atoms with E-state index in [1.807, 2.05) is 18.2 Å². The summed E-state index contributed by atoms with van der Waals surface area (Å²) < 4.78 is 0. The molecule has 0 radical (unpaired) electrons. The van der Waals surface area contributed by atoms with Crippen molar-refractivity contribution in [3.8, 4) is 0 Å². The van der Waals surface area contributed by atoms with Gasteiger partial charge in [-0.25, -0.2) is 0 Å². The van der Waals surface area contributed by atoms with Crippen molar-refractivity contribution in [1.82, 2.24) is 15.2 Å². The zero-order chi connectivity index (χ0) is 17.1. The number of fused-ring (bicyclic) bond motifs is 1. The first-order chi connectivity index (χ1) is 12.3. The molecule has 4 heteroatoms. The van der Waals surface area contributed by atoms with Crippen molar-refractivity contribution in [3.05, 3.63) is 76.9 Å². The molecule has 1 aromatic heterocycles. The summed E-state index contributed by atoms with van der Waals surface area (Å²) in [7, 11) is 0. The van der Waals surface area contributed by atoms with Crippen LogP contribution in [0, 0.1) is 0 Å². The van der Waals surface area contributed by atoms with E-state index < -0.39 is 0 Å². The minimum Gasteiger partial charge on any atom is -0.315 e. The summed E-state index contributed by atoms with van der Waals surface area (Å²) >= 11 is 6.11. The van der Waals surface area contributed by atoms with Gasteiger partial charge in [0, 0.05) is 30.0 Å². The van der Waals surface area contributed by atoms with Crippen LogP contribution in [0.25, 0.3) is 10.9 Å². The van der Waals surface area contributed by atoms with Crippen molar-refractivity contribution in [3.63, 3.8) is 0 Å². The third-order valence-electron chi connectivity index (χ3n) is 4.83. The number of para-hydroxylation sites is 1. The molecule has 3 nitrogen and oxygen atoms in total. The summed E-state index contributed by atoms with van der Waals surface area (Å²) in [4.78, 5) is 7.51. The smallest absolute Gasteiger partial charge is 0.0777 e. The number of aromatic nitrogens is 1. The van der Waals surface area contributed by atoms with Gasteiger partial charge in [-0.15, -0.1) is 0 Å². The molecule has 4 rings (SSSR count). The number of hydrogen-bond acceptors (Lipinski definition) is 3. The molecule has 2 aromatic carbocycles. The van der Waals surface area contributed by atoms with Crippen LogP contribution in [0.4, 0.5) is 0 Å². The Hall–Kier alpha value is -1.94. The Morgan fingerprint density at radius 2 is 1.76 bits per heavy atom. The van der Waals surface area contributed by atoms with Crippen molar-refractivity contribution >= 4 is 22.5 Å². The number of nitrogens with one attached hydrogen (secondary N) is 1. The number of pyridine rings is 1. The molecule has 0 aliphatic carbocycles. The van der Waals surface area contributed by atoms with Gasteiger partial charge in [0.05, 0.1) is 17.3 Å². The number of hydrogen-bond donors (Lipinski definition) is 1. The Labute approximate surface area is 153 Å². The highest BCUT2D eigenvalue weighted by atomic mass is 35.5. The Morgan fingerprint density at radius 3 is 2.64 bits per heavy atom. The van der Waals surface area contributed by atoms with Gasteiger partial charge >= 0.3 is 0 Å². The molecular formula is C21H22ClN3. The number of halogens is 1. The Balaban J connectivity index is 1.78. The lowest BCUT2D eigenvalue weighted by Gasteiger charge is -2.30. The lowest BCUT2D eigenvalue weighted by molar-refractivity contribution is 0.237. The lowest BCUT2D eigenvalue weighted by Crippen LogP contribution is -2.33. The molecule has 0 saturated carbocycles. The van der Waals surface area contributed by atoms with E-state index in [0.29, 0.717) is 0 Å². The zero-order valence-electron chi connectivity index (χ0n) is 14.2. The molecule has 1 aliphatic heterocycles. The van der Waals surface area contributed by atoms with Crippen molar-refractivity contribution < 1.29 is 0 Å². The summed E-state index contributed by atoms with van der Waals surface area (Å²) in [6, 6.07) is 21.0. The molecular weight excluding hydrogens is 330 g/mol. The molecule has 1 unspecified atom stereocenters. The van der Waals surface area contributed by atoms with Gasteiger partial charge in [-0.3, -0.25) is 9.88 Å². The summed E-state index contributed by atoms with van der Waals surface area (Å²) in [5, 5.41) is 5.44. The fourth-order valence-electron chi connectivity index (χ4n) is 3.57. The van der Waals surface area contributed by atoms with Gasteiger partial charge in [0.15, 0.2) is 0 Å². The Bertz CT molecular complexity index is 839. The van der Waals surface area contributed by atoms with E-state index in [1.165, 1.54) is 10.9 Å². The van der Waals surface area contributed by atoms with Crippen molar-refractivity contribution in [2.45, 2.75) is 12.5 Å². The summed E-state index contributed by atoms with van der Waals surface area (Å²) in [6.07, 6.45) is 1.15. The molecule has 0 bridgehead atoms. The van der Waals surface area contributed by atoms with E-state index in [-0.39, 0.29) is 6.04 Å². The van der Waals surface area contributed by atoms with Gasteiger partial charge in [0.25, 0.3) is 0 Å². The van der Waals surface area contributed by atoms with Gasteiger partial charge < -0.3 is 5.32 Å². The quantitative estimate of drug-likeness (QED) is 0.763. The molecule has 1 fully saturated rings. The van der Waals surface area contributed by atoms with Crippen LogP contribution in [0.2, 0.25) is 5.02 Å². The standard InChI is InChI=1S/C21H22ClN3/c22-18-9-6-17(7-10-18)21(25-14-3-12-23-13-15-25)20-11-8-16-4-1-2-5-19(16)24-20/h1-2,4-11,21,23H,3,12-15H2. The normalized spacial score (nSPS) is 17.3. The molecule has 128 valence electrons. The molecule has 25 heavy (non-hydrogen) atoms. The second-order valence-electron chi connectivity index (χ2n) is 6.52. The second kappa shape index (κ2) is 7.52. The van der Waals surface area contributed by atoms with Crippen LogP contribution in [0.3, 0.4) is 0 Å². The predicted octanol–water partition coefficient (Wildman–Crippen LogP) is 4.27. The molecule has 2 heterocycles. The average Bonchev–Trinajstić information content (AvgIpc) is 2.93. The first-order valence-electron chi connectivity index (χ1n) is 8.87. The van der Waals surface area contributed by atoms with Crippen LogP contribution in [0.15, 0.2) is 60.7 Å². The van der Waals surface area contributed by atoms with Crippen LogP contribution in [-0.2, 0) is 0 Å². The molecule has 0 spiro atoms. The van der Waals surface area contributed by atoms with Gasteiger partial charge in [0.1, 0.15) is 0 Å². The third-order valence-corrected chi connectivity index (χ3v) is 5.08. The SMILES string of the molecule is Clc1ccc(C(c2ccc3ccccc3n2)N2CCCNCC2)cc1. The fraction of sp³-hybridized carbons (Fsp3) is 0.286. The zero-order valence-corrected chi connectivity index (χ0v) is 14.9. The van der Waals surface area contributed by atoms with Crippen molar-refractivity contribution in [1.29, 1.82) is 0 Å². The fourth-order valence-corrected chi connectivity index (χ4v) is 3.70. The van der Waals surface area contributed by atoms with Gasteiger partial charge in [-0.2, -0.15) is 0 Å². The summed E-state index contributed by atoms with van der Waals surface area (Å²) in [5.74, 6) is 0. The van der Waals surface area contributed by atoms with Crippen LogP contribution >= 0.6 is 11.6 Å². The van der Waals surface area contributed by atoms with Gasteiger partial charge in [0.2, 0.25) is 0 Å². The van der Waals surface area contributed by atoms with Gasteiger partial charge in [-0.05, 0) is 42.8 Å². The predicted molar refractivity (Wildman–Crippen MR) is 104 cm³/mol. The van der Waals surface area contributed by atoms with Gasteiger partial charge in [-0.1, -0.05) is 48.0 Å². The largest absolute Gasteiger partial charge is 0.315 e. The molecule has 3 aromatic rings. The van der Waals surface area contributed by atoms with Crippen LogP contribution in [0.5, 0.6) is 0 Å². The maximum atomic E-state index is 6.11. The van der Waals surface area contributed by atoms with E-state index >= 15 is 0 Å². The molecule has 1 N–H and O–H groups in total. The third kappa shape index (κ3) is 3.69. The Morgan fingerprint density at radius 1 is 0.920 bits per heavy atom. The first kappa shape index (κ1) is 16.5. The summed E-state index contributed by atoms with van der Waals surface area (Å²) in [6.45, 7) is 4.17. The number of nitrogens with zero attached hydrogens (tertiary/aromatic N) is 2. The van der Waals surface area contributed by atoms with E-state index in [2.05, 4.69) is 52.7 Å². The Kier molecular flexibility index (Phi) is 4.97. The van der Waals surface area contributed by atoms with Crippen LogP contribution in [0.1, 0.15) is 23.7 Å². The second-order valence-corrected chi connectivity index (χ2v) is 6.96. The minimum atomic E-state index is 0.154.